The molecule has 168 valence electrons. The van der Waals surface area contributed by atoms with E-state index in [0.29, 0.717) is 22.2 Å². The van der Waals surface area contributed by atoms with E-state index in [-0.39, 0.29) is 17.8 Å². The Bertz CT molecular complexity index is 1380. The summed E-state index contributed by atoms with van der Waals surface area (Å²) in [5, 5.41) is 0.630. The number of halogens is 3. The van der Waals surface area contributed by atoms with Crippen LogP contribution in [0.4, 0.5) is 18.9 Å². The van der Waals surface area contributed by atoms with E-state index in [1.54, 1.807) is 48.5 Å². The van der Waals surface area contributed by atoms with Crippen molar-refractivity contribution in [1.82, 2.24) is 4.98 Å². The van der Waals surface area contributed by atoms with Gasteiger partial charge in [0.25, 0.3) is 11.5 Å². The summed E-state index contributed by atoms with van der Waals surface area (Å²) < 4.78 is 45.2. The monoisotopic (exact) mass is 452 g/mol. The van der Waals surface area contributed by atoms with Crippen LogP contribution < -0.4 is 15.2 Å². The minimum Gasteiger partial charge on any atom is -0.497 e. The lowest BCUT2D eigenvalue weighted by molar-refractivity contribution is -0.137. The second kappa shape index (κ2) is 8.82. The van der Waals surface area contributed by atoms with Gasteiger partial charge in [-0.15, -0.1) is 0 Å². The molecule has 1 aromatic heterocycles. The largest absolute Gasteiger partial charge is 0.497 e. The van der Waals surface area contributed by atoms with Gasteiger partial charge in [0, 0.05) is 11.2 Å². The first kappa shape index (κ1) is 22.1. The Morgan fingerprint density at radius 3 is 2.48 bits per heavy atom. The van der Waals surface area contributed by atoms with Gasteiger partial charge in [0.1, 0.15) is 11.3 Å². The number of benzene rings is 3. The highest BCUT2D eigenvalue weighted by atomic mass is 19.4. The lowest BCUT2D eigenvalue weighted by atomic mass is 10.1. The van der Waals surface area contributed by atoms with Crippen molar-refractivity contribution in [2.75, 3.05) is 12.0 Å². The molecule has 0 aliphatic rings. The number of rotatable bonds is 5. The summed E-state index contributed by atoms with van der Waals surface area (Å²) in [7, 11) is 1.49. The molecule has 0 unspecified atom stereocenters. The average molecular weight is 452 g/mol. The summed E-state index contributed by atoms with van der Waals surface area (Å²) in [4.78, 5) is 30.0. The number of fused-ring (bicyclic) bond motifs is 1. The fraction of sp³-hybridized carbons (Fsp3) is 0.120. The maximum Gasteiger partial charge on any atom is 0.416 e. The van der Waals surface area contributed by atoms with Gasteiger partial charge >= 0.3 is 6.18 Å². The Hall–Kier alpha value is -4.07. The number of carbonyl (C=O) groups excluding carboxylic acids is 1. The van der Waals surface area contributed by atoms with E-state index in [9.17, 15) is 22.8 Å². The maximum atomic E-state index is 13.5. The minimum absolute atomic E-state index is 0.0187. The van der Waals surface area contributed by atoms with Crippen molar-refractivity contribution in [3.63, 3.8) is 0 Å². The minimum atomic E-state index is -4.58. The number of hydrogen-bond acceptors (Lipinski definition) is 3. The molecule has 1 heterocycles. The zero-order valence-electron chi connectivity index (χ0n) is 17.5. The molecule has 0 saturated heterocycles. The number of amides is 1. The van der Waals surface area contributed by atoms with Gasteiger partial charge in [0.2, 0.25) is 0 Å². The number of aromatic amines is 1. The third-order valence-corrected chi connectivity index (χ3v) is 5.19. The molecule has 8 heteroatoms. The number of H-pyrrole nitrogens is 1. The Morgan fingerprint density at radius 1 is 0.970 bits per heavy atom. The normalized spacial score (nSPS) is 11.4. The summed E-state index contributed by atoms with van der Waals surface area (Å²) >= 11 is 0. The van der Waals surface area contributed by atoms with Gasteiger partial charge < -0.3 is 14.6 Å². The first-order valence-electron chi connectivity index (χ1n) is 10.0. The van der Waals surface area contributed by atoms with Crippen LogP contribution in [0.1, 0.15) is 21.5 Å². The number of aromatic nitrogens is 1. The lowest BCUT2D eigenvalue weighted by Gasteiger charge is -2.24. The predicted molar refractivity (Wildman–Crippen MR) is 120 cm³/mol. The van der Waals surface area contributed by atoms with Crippen molar-refractivity contribution in [1.29, 1.82) is 0 Å². The molecule has 4 rings (SSSR count). The summed E-state index contributed by atoms with van der Waals surface area (Å²) in [5.41, 5.74) is -0.494. The summed E-state index contributed by atoms with van der Waals surface area (Å²) in [5.74, 6) is -0.184. The molecule has 0 aliphatic heterocycles. The molecule has 1 N–H and O–H groups in total. The molecule has 0 atom stereocenters. The number of para-hydroxylation sites is 1. The molecule has 5 nitrogen and oxygen atoms in total. The first-order valence-corrected chi connectivity index (χ1v) is 10.0. The molecule has 0 saturated carbocycles. The third-order valence-electron chi connectivity index (χ3n) is 5.19. The third kappa shape index (κ3) is 4.74. The average Bonchev–Trinajstić information content (AvgIpc) is 2.81. The number of carbonyl (C=O) groups is 1. The molecular weight excluding hydrogens is 433 g/mol. The fourth-order valence-electron chi connectivity index (χ4n) is 3.54. The van der Waals surface area contributed by atoms with Crippen molar-refractivity contribution in [3.8, 4) is 5.75 Å². The number of nitrogens with one attached hydrogen (secondary N) is 1. The van der Waals surface area contributed by atoms with Crippen LogP contribution in [0.5, 0.6) is 5.75 Å². The number of anilines is 1. The number of nitrogens with zero attached hydrogens (tertiary/aromatic N) is 1. The molecule has 0 radical (unpaired) electrons. The van der Waals surface area contributed by atoms with Gasteiger partial charge in [-0.3, -0.25) is 9.59 Å². The molecule has 33 heavy (non-hydrogen) atoms. The lowest BCUT2D eigenvalue weighted by Crippen LogP contribution is -2.34. The SMILES string of the molecule is COc1cccc(CN(C(=O)c2cc3ccccc3[nH]c2=O)c2cccc(C(F)(F)F)c2)c1. The number of hydrogen-bond donors (Lipinski definition) is 1. The van der Waals surface area contributed by atoms with Crippen LogP contribution >= 0.6 is 0 Å². The maximum absolute atomic E-state index is 13.5. The second-order valence-corrected chi connectivity index (χ2v) is 7.39. The van der Waals surface area contributed by atoms with Gasteiger partial charge in [-0.05, 0) is 53.4 Å². The summed E-state index contributed by atoms with van der Waals surface area (Å²) in [6.07, 6.45) is -4.58. The van der Waals surface area contributed by atoms with Crippen LogP contribution in [0.15, 0.2) is 83.7 Å². The quantitative estimate of drug-likeness (QED) is 0.441. The van der Waals surface area contributed by atoms with E-state index in [4.69, 9.17) is 4.74 Å². The van der Waals surface area contributed by atoms with Crippen molar-refractivity contribution in [2.24, 2.45) is 0 Å². The molecule has 0 spiro atoms. The Balaban J connectivity index is 1.82. The van der Waals surface area contributed by atoms with E-state index in [1.165, 1.54) is 25.3 Å². The van der Waals surface area contributed by atoms with E-state index < -0.39 is 23.2 Å². The molecule has 0 aliphatic carbocycles. The van der Waals surface area contributed by atoms with Crippen molar-refractivity contribution in [2.45, 2.75) is 12.7 Å². The van der Waals surface area contributed by atoms with Gasteiger partial charge in [-0.25, -0.2) is 0 Å². The zero-order chi connectivity index (χ0) is 23.6. The number of pyridine rings is 1. The fourth-order valence-corrected chi connectivity index (χ4v) is 3.54. The highest BCUT2D eigenvalue weighted by molar-refractivity contribution is 6.07. The Morgan fingerprint density at radius 2 is 1.73 bits per heavy atom. The molecule has 4 aromatic rings. The first-order chi connectivity index (χ1) is 15.8. The summed E-state index contributed by atoms with van der Waals surface area (Å²) in [6.45, 7) is -0.0659. The molecular formula is C25H19F3N2O3. The Labute approximate surface area is 187 Å². The van der Waals surface area contributed by atoms with Crippen molar-refractivity contribution < 1.29 is 22.7 Å². The zero-order valence-corrected chi connectivity index (χ0v) is 17.5. The molecule has 0 fully saturated rings. The summed E-state index contributed by atoms with van der Waals surface area (Å²) in [6, 6.07) is 19.7. The van der Waals surface area contributed by atoms with Crippen LogP contribution in [0.2, 0.25) is 0 Å². The van der Waals surface area contributed by atoms with Crippen LogP contribution in [0.3, 0.4) is 0 Å². The van der Waals surface area contributed by atoms with Gasteiger partial charge in [-0.2, -0.15) is 13.2 Å². The molecule has 0 bridgehead atoms. The number of ether oxygens (including phenoxy) is 1. The highest BCUT2D eigenvalue weighted by Crippen LogP contribution is 2.32. The van der Waals surface area contributed by atoms with Gasteiger partial charge in [-0.1, -0.05) is 36.4 Å². The standard InChI is InChI=1S/C25H19F3N2O3/c1-33-20-10-4-6-16(12-20)15-30(19-9-5-8-18(14-19)25(26,27)28)24(32)21-13-17-7-2-3-11-22(17)29-23(21)31/h2-14H,15H2,1H3,(H,29,31). The number of methoxy groups -OCH3 is 1. The molecule has 3 aromatic carbocycles. The number of alkyl halides is 3. The van der Waals surface area contributed by atoms with E-state index >= 15 is 0 Å². The van der Waals surface area contributed by atoms with Crippen molar-refractivity contribution >= 4 is 22.5 Å². The van der Waals surface area contributed by atoms with Crippen LogP contribution in [-0.4, -0.2) is 18.0 Å². The van der Waals surface area contributed by atoms with Crippen LogP contribution in [-0.2, 0) is 12.7 Å². The van der Waals surface area contributed by atoms with E-state index in [2.05, 4.69) is 4.98 Å². The van der Waals surface area contributed by atoms with Gasteiger partial charge in [0.05, 0.1) is 19.2 Å². The van der Waals surface area contributed by atoms with Crippen LogP contribution in [0, 0.1) is 0 Å². The smallest absolute Gasteiger partial charge is 0.416 e. The topological polar surface area (TPSA) is 62.4 Å². The highest BCUT2D eigenvalue weighted by Gasteiger charge is 2.31. The van der Waals surface area contributed by atoms with Gasteiger partial charge in [0.15, 0.2) is 0 Å². The second-order valence-electron chi connectivity index (χ2n) is 7.39. The van der Waals surface area contributed by atoms with E-state index in [1.807, 2.05) is 0 Å². The van der Waals surface area contributed by atoms with Crippen molar-refractivity contribution in [3.05, 3.63) is 106 Å². The molecule has 1 amide bonds. The Kier molecular flexibility index (Phi) is 5.91. The van der Waals surface area contributed by atoms with E-state index in [0.717, 1.165) is 17.0 Å². The predicted octanol–water partition coefficient (Wildman–Crippen LogP) is 5.40. The van der Waals surface area contributed by atoms with Crippen LogP contribution in [0.25, 0.3) is 10.9 Å².